The second-order valence-electron chi connectivity index (χ2n) is 6.67. The highest BCUT2D eigenvalue weighted by Crippen LogP contribution is 2.20. The maximum atomic E-state index is 5.56. The zero-order valence-corrected chi connectivity index (χ0v) is 16.7. The molecule has 1 aromatic carbocycles. The SMILES string of the molecule is CCOc1ccc(CN(CCCN2CCOCC2)C2=NCCCS2)cc1. The van der Waals surface area contributed by atoms with E-state index in [2.05, 4.69) is 34.1 Å². The van der Waals surface area contributed by atoms with E-state index in [0.29, 0.717) is 6.61 Å². The molecule has 0 radical (unpaired) electrons. The van der Waals surface area contributed by atoms with Gasteiger partial charge in [-0.2, -0.15) is 0 Å². The van der Waals surface area contributed by atoms with Gasteiger partial charge < -0.3 is 14.4 Å². The second-order valence-corrected chi connectivity index (χ2v) is 7.73. The number of amidine groups is 1. The molecule has 0 aromatic heterocycles. The predicted octanol–water partition coefficient (Wildman–Crippen LogP) is 3.10. The molecule has 0 unspecified atom stereocenters. The van der Waals surface area contributed by atoms with Crippen molar-refractivity contribution in [1.29, 1.82) is 0 Å². The van der Waals surface area contributed by atoms with E-state index >= 15 is 0 Å². The van der Waals surface area contributed by atoms with Crippen molar-refractivity contribution in [3.8, 4) is 5.75 Å². The van der Waals surface area contributed by atoms with Gasteiger partial charge in [0.05, 0.1) is 19.8 Å². The second kappa shape index (κ2) is 10.8. The van der Waals surface area contributed by atoms with Crippen LogP contribution in [0, 0.1) is 0 Å². The fourth-order valence-electron chi connectivity index (χ4n) is 3.27. The molecular weight excluding hydrogens is 346 g/mol. The highest BCUT2D eigenvalue weighted by atomic mass is 32.2. The van der Waals surface area contributed by atoms with Crippen LogP contribution in [0.1, 0.15) is 25.3 Å². The summed E-state index contributed by atoms with van der Waals surface area (Å²) in [6, 6.07) is 8.49. The van der Waals surface area contributed by atoms with E-state index in [0.717, 1.165) is 64.7 Å². The minimum atomic E-state index is 0.709. The topological polar surface area (TPSA) is 37.3 Å². The molecule has 2 heterocycles. The number of benzene rings is 1. The van der Waals surface area contributed by atoms with Gasteiger partial charge in [0.1, 0.15) is 5.75 Å². The first kappa shape index (κ1) is 19.5. The number of rotatable bonds is 8. The van der Waals surface area contributed by atoms with Crippen LogP contribution in [0.5, 0.6) is 5.75 Å². The Balaban J connectivity index is 1.56. The molecule has 0 aliphatic carbocycles. The number of hydrogen-bond acceptors (Lipinski definition) is 6. The quantitative estimate of drug-likeness (QED) is 0.696. The first-order chi connectivity index (χ1) is 12.8. The van der Waals surface area contributed by atoms with E-state index in [1.807, 2.05) is 18.7 Å². The van der Waals surface area contributed by atoms with Crippen molar-refractivity contribution in [3.05, 3.63) is 29.8 Å². The molecule has 144 valence electrons. The molecule has 1 saturated heterocycles. The van der Waals surface area contributed by atoms with Crippen molar-refractivity contribution in [3.63, 3.8) is 0 Å². The van der Waals surface area contributed by atoms with Crippen molar-refractivity contribution < 1.29 is 9.47 Å². The number of ether oxygens (including phenoxy) is 2. The Kier molecular flexibility index (Phi) is 8.11. The molecule has 1 aromatic rings. The Labute approximate surface area is 161 Å². The molecule has 0 amide bonds. The number of nitrogens with zero attached hydrogens (tertiary/aromatic N) is 3. The standard InChI is InChI=1S/C20H31N3O2S/c1-2-25-19-7-5-18(6-8-19)17-23(20-21-9-3-16-26-20)11-4-10-22-12-14-24-15-13-22/h5-8H,2-4,9-17H2,1H3. The van der Waals surface area contributed by atoms with Crippen LogP contribution < -0.4 is 4.74 Å². The molecule has 0 spiro atoms. The zero-order valence-electron chi connectivity index (χ0n) is 15.9. The van der Waals surface area contributed by atoms with Crippen molar-refractivity contribution >= 4 is 16.9 Å². The molecule has 26 heavy (non-hydrogen) atoms. The molecule has 0 atom stereocenters. The van der Waals surface area contributed by atoms with Crippen LogP contribution in [0.2, 0.25) is 0 Å². The average molecular weight is 378 g/mol. The van der Waals surface area contributed by atoms with E-state index < -0.39 is 0 Å². The maximum Gasteiger partial charge on any atom is 0.159 e. The van der Waals surface area contributed by atoms with E-state index in [1.165, 1.54) is 22.9 Å². The van der Waals surface area contributed by atoms with E-state index in [9.17, 15) is 0 Å². The van der Waals surface area contributed by atoms with Gasteiger partial charge in [-0.15, -0.1) is 0 Å². The summed E-state index contributed by atoms with van der Waals surface area (Å²) in [4.78, 5) is 9.75. The molecule has 2 aliphatic heterocycles. The van der Waals surface area contributed by atoms with Crippen LogP contribution in [0.3, 0.4) is 0 Å². The fraction of sp³-hybridized carbons (Fsp3) is 0.650. The first-order valence-electron chi connectivity index (χ1n) is 9.79. The van der Waals surface area contributed by atoms with Crippen LogP contribution in [-0.2, 0) is 11.3 Å². The minimum absolute atomic E-state index is 0.709. The van der Waals surface area contributed by atoms with Gasteiger partial charge in [-0.25, -0.2) is 0 Å². The predicted molar refractivity (Wildman–Crippen MR) is 109 cm³/mol. The van der Waals surface area contributed by atoms with Crippen molar-refractivity contribution in [1.82, 2.24) is 9.80 Å². The van der Waals surface area contributed by atoms with E-state index in [4.69, 9.17) is 14.5 Å². The van der Waals surface area contributed by atoms with Gasteiger partial charge in [0.2, 0.25) is 0 Å². The Morgan fingerprint density at radius 3 is 2.73 bits per heavy atom. The first-order valence-corrected chi connectivity index (χ1v) is 10.8. The minimum Gasteiger partial charge on any atom is -0.494 e. The van der Waals surface area contributed by atoms with E-state index in [1.54, 1.807) is 0 Å². The summed E-state index contributed by atoms with van der Waals surface area (Å²) >= 11 is 1.91. The largest absolute Gasteiger partial charge is 0.494 e. The van der Waals surface area contributed by atoms with Crippen molar-refractivity contribution in [2.75, 3.05) is 58.3 Å². The highest BCUT2D eigenvalue weighted by molar-refractivity contribution is 8.13. The lowest BCUT2D eigenvalue weighted by Crippen LogP contribution is -2.39. The third-order valence-electron chi connectivity index (χ3n) is 4.67. The molecule has 3 rings (SSSR count). The molecule has 0 bridgehead atoms. The van der Waals surface area contributed by atoms with Crippen LogP contribution >= 0.6 is 11.8 Å². The number of morpholine rings is 1. The van der Waals surface area contributed by atoms with E-state index in [-0.39, 0.29) is 0 Å². The van der Waals surface area contributed by atoms with Crippen molar-refractivity contribution in [2.45, 2.75) is 26.3 Å². The summed E-state index contributed by atoms with van der Waals surface area (Å²) in [6.07, 6.45) is 2.36. The van der Waals surface area contributed by atoms with Crippen LogP contribution in [-0.4, -0.2) is 73.3 Å². The van der Waals surface area contributed by atoms with Gasteiger partial charge in [-0.1, -0.05) is 23.9 Å². The third kappa shape index (κ3) is 6.18. The molecular formula is C20H31N3O2S. The summed E-state index contributed by atoms with van der Waals surface area (Å²) < 4.78 is 11.0. The van der Waals surface area contributed by atoms with Gasteiger partial charge in [0, 0.05) is 45.0 Å². The summed E-state index contributed by atoms with van der Waals surface area (Å²) in [5.74, 6) is 2.13. The summed E-state index contributed by atoms with van der Waals surface area (Å²) in [6.45, 7) is 10.7. The Morgan fingerprint density at radius 2 is 2.04 bits per heavy atom. The average Bonchev–Trinajstić information content (AvgIpc) is 2.70. The number of aliphatic imine (C=N–C) groups is 1. The number of thioether (sulfide) groups is 1. The smallest absolute Gasteiger partial charge is 0.159 e. The van der Waals surface area contributed by atoms with Crippen LogP contribution in [0.25, 0.3) is 0 Å². The van der Waals surface area contributed by atoms with Gasteiger partial charge in [-0.05, 0) is 37.5 Å². The maximum absolute atomic E-state index is 5.56. The Bertz CT molecular complexity index is 559. The molecule has 0 saturated carbocycles. The normalized spacial score (nSPS) is 18.4. The lowest BCUT2D eigenvalue weighted by molar-refractivity contribution is 0.0368. The summed E-state index contributed by atoms with van der Waals surface area (Å²) in [7, 11) is 0. The van der Waals surface area contributed by atoms with Crippen molar-refractivity contribution in [2.24, 2.45) is 4.99 Å². The molecule has 1 fully saturated rings. The molecule has 0 N–H and O–H groups in total. The van der Waals surface area contributed by atoms with Gasteiger partial charge >= 0.3 is 0 Å². The monoisotopic (exact) mass is 377 g/mol. The van der Waals surface area contributed by atoms with Crippen LogP contribution in [0.4, 0.5) is 0 Å². The van der Waals surface area contributed by atoms with Crippen LogP contribution in [0.15, 0.2) is 29.3 Å². The lowest BCUT2D eigenvalue weighted by Gasteiger charge is -2.30. The molecule has 5 nitrogen and oxygen atoms in total. The highest BCUT2D eigenvalue weighted by Gasteiger charge is 2.16. The fourth-order valence-corrected chi connectivity index (χ4v) is 4.25. The van der Waals surface area contributed by atoms with Gasteiger partial charge in [0.15, 0.2) is 5.17 Å². The number of hydrogen-bond donors (Lipinski definition) is 0. The van der Waals surface area contributed by atoms with Gasteiger partial charge in [-0.3, -0.25) is 9.89 Å². The molecule has 2 aliphatic rings. The third-order valence-corrected chi connectivity index (χ3v) is 5.80. The zero-order chi connectivity index (χ0) is 18.0. The van der Waals surface area contributed by atoms with Gasteiger partial charge in [0.25, 0.3) is 0 Å². The molecule has 6 heteroatoms. The Hall–Kier alpha value is -1.24. The Morgan fingerprint density at radius 1 is 1.23 bits per heavy atom. The summed E-state index contributed by atoms with van der Waals surface area (Å²) in [5, 5.41) is 1.21. The lowest BCUT2D eigenvalue weighted by atomic mass is 10.2. The summed E-state index contributed by atoms with van der Waals surface area (Å²) in [5.41, 5.74) is 1.31.